The van der Waals surface area contributed by atoms with Crippen LogP contribution in [0.2, 0.25) is 0 Å². The summed E-state index contributed by atoms with van der Waals surface area (Å²) in [4.78, 5) is 8.19. The summed E-state index contributed by atoms with van der Waals surface area (Å²) in [7, 11) is 0. The lowest BCUT2D eigenvalue weighted by Gasteiger charge is -1.99. The van der Waals surface area contributed by atoms with E-state index in [4.69, 9.17) is 5.73 Å². The molecule has 0 atom stereocenters. The number of aryl methyl sites for hydroxylation is 1. The average Bonchev–Trinajstić information content (AvgIpc) is 2.04. The Kier molecular flexibility index (Phi) is 1.43. The van der Waals surface area contributed by atoms with Crippen molar-refractivity contribution in [3.05, 3.63) is 30.1 Å². The lowest BCUT2D eigenvalue weighted by Crippen LogP contribution is -1.91. The van der Waals surface area contributed by atoms with Gasteiger partial charge in [0.15, 0.2) is 0 Å². The van der Waals surface area contributed by atoms with Gasteiger partial charge in [0, 0.05) is 23.8 Å². The maximum atomic E-state index is 5.52. The first-order chi connectivity index (χ1) is 5.77. The highest BCUT2D eigenvalue weighted by Gasteiger charge is 1.97. The predicted octanol–water partition coefficient (Wildman–Crippen LogP) is 1.52. The third-order valence-corrected chi connectivity index (χ3v) is 1.87. The van der Waals surface area contributed by atoms with E-state index in [1.807, 2.05) is 13.0 Å². The molecule has 0 saturated carbocycles. The molecule has 60 valence electrons. The maximum absolute atomic E-state index is 5.52. The van der Waals surface area contributed by atoms with Crippen LogP contribution in [0.25, 0.3) is 10.9 Å². The van der Waals surface area contributed by atoms with Gasteiger partial charge in [-0.15, -0.1) is 0 Å². The van der Waals surface area contributed by atoms with E-state index in [9.17, 15) is 0 Å². The molecule has 0 aliphatic heterocycles. The minimum Gasteiger partial charge on any atom is -0.384 e. The van der Waals surface area contributed by atoms with Crippen molar-refractivity contribution in [1.29, 1.82) is 0 Å². The number of anilines is 1. The van der Waals surface area contributed by atoms with Crippen LogP contribution in [0.15, 0.2) is 24.5 Å². The standard InChI is InChI=1S/C9H9N3/c1-6-2-3-11-8-4-9(10)12-5-7(6)8/h2-5H,1H3,(H2,10,12). The molecular formula is C9H9N3. The molecule has 2 aromatic heterocycles. The molecule has 2 N–H and O–H groups in total. The molecule has 0 spiro atoms. The zero-order valence-corrected chi connectivity index (χ0v) is 6.78. The van der Waals surface area contributed by atoms with Crippen LogP contribution in [0.5, 0.6) is 0 Å². The second-order valence-electron chi connectivity index (χ2n) is 2.75. The van der Waals surface area contributed by atoms with Crippen LogP contribution in [-0.4, -0.2) is 9.97 Å². The van der Waals surface area contributed by atoms with E-state index in [1.165, 1.54) is 5.56 Å². The molecule has 0 aromatic carbocycles. The Bertz CT molecular complexity index is 423. The van der Waals surface area contributed by atoms with E-state index < -0.39 is 0 Å². The number of pyridine rings is 2. The van der Waals surface area contributed by atoms with Gasteiger partial charge in [-0.3, -0.25) is 4.98 Å². The SMILES string of the molecule is Cc1ccnc2cc(N)ncc12. The third kappa shape index (κ3) is 0.993. The Hall–Kier alpha value is -1.64. The molecule has 0 unspecified atom stereocenters. The molecule has 0 amide bonds. The van der Waals surface area contributed by atoms with Crippen molar-refractivity contribution in [2.24, 2.45) is 0 Å². The molecule has 2 heterocycles. The summed E-state index contributed by atoms with van der Waals surface area (Å²) in [6.07, 6.45) is 3.53. The number of nitrogens with two attached hydrogens (primary N) is 1. The van der Waals surface area contributed by atoms with Crippen molar-refractivity contribution in [2.75, 3.05) is 5.73 Å². The summed E-state index contributed by atoms with van der Waals surface area (Å²) >= 11 is 0. The molecule has 0 aliphatic rings. The monoisotopic (exact) mass is 159 g/mol. The minimum atomic E-state index is 0.514. The lowest BCUT2D eigenvalue weighted by atomic mass is 10.2. The number of fused-ring (bicyclic) bond motifs is 1. The van der Waals surface area contributed by atoms with Crippen molar-refractivity contribution in [3.8, 4) is 0 Å². The fourth-order valence-corrected chi connectivity index (χ4v) is 1.19. The van der Waals surface area contributed by atoms with Crippen LogP contribution >= 0.6 is 0 Å². The van der Waals surface area contributed by atoms with Gasteiger partial charge in [0.25, 0.3) is 0 Å². The smallest absolute Gasteiger partial charge is 0.125 e. The number of hydrogen-bond donors (Lipinski definition) is 1. The van der Waals surface area contributed by atoms with Crippen molar-refractivity contribution in [3.63, 3.8) is 0 Å². The predicted molar refractivity (Wildman–Crippen MR) is 48.7 cm³/mol. The molecule has 2 rings (SSSR count). The topological polar surface area (TPSA) is 51.8 Å². The number of rotatable bonds is 0. The van der Waals surface area contributed by atoms with Crippen LogP contribution in [0.3, 0.4) is 0 Å². The summed E-state index contributed by atoms with van der Waals surface area (Å²) in [5.41, 5.74) is 7.60. The highest BCUT2D eigenvalue weighted by atomic mass is 14.8. The van der Waals surface area contributed by atoms with Crippen molar-refractivity contribution >= 4 is 16.7 Å². The van der Waals surface area contributed by atoms with E-state index in [-0.39, 0.29) is 0 Å². The van der Waals surface area contributed by atoms with Crippen LogP contribution in [0.4, 0.5) is 5.82 Å². The molecule has 0 bridgehead atoms. The molecule has 0 saturated heterocycles. The molecule has 3 heteroatoms. The quantitative estimate of drug-likeness (QED) is 0.634. The van der Waals surface area contributed by atoms with Gasteiger partial charge in [-0.1, -0.05) is 0 Å². The van der Waals surface area contributed by atoms with Gasteiger partial charge in [-0.2, -0.15) is 0 Å². The Morgan fingerprint density at radius 3 is 3.00 bits per heavy atom. The first kappa shape index (κ1) is 7.03. The summed E-state index contributed by atoms with van der Waals surface area (Å²) < 4.78 is 0. The summed E-state index contributed by atoms with van der Waals surface area (Å²) in [6.45, 7) is 2.03. The molecule has 3 nitrogen and oxygen atoms in total. The maximum Gasteiger partial charge on any atom is 0.125 e. The third-order valence-electron chi connectivity index (χ3n) is 1.87. The molecule has 0 radical (unpaired) electrons. The zero-order valence-electron chi connectivity index (χ0n) is 6.78. The fourth-order valence-electron chi connectivity index (χ4n) is 1.19. The molecular weight excluding hydrogens is 150 g/mol. The van der Waals surface area contributed by atoms with Crippen LogP contribution in [0.1, 0.15) is 5.56 Å². The number of hydrogen-bond acceptors (Lipinski definition) is 3. The first-order valence-electron chi connectivity index (χ1n) is 3.74. The van der Waals surface area contributed by atoms with E-state index in [0.717, 1.165) is 10.9 Å². The Morgan fingerprint density at radius 1 is 1.33 bits per heavy atom. The van der Waals surface area contributed by atoms with Gasteiger partial charge in [-0.05, 0) is 18.6 Å². The van der Waals surface area contributed by atoms with Gasteiger partial charge in [0.2, 0.25) is 0 Å². The molecule has 0 fully saturated rings. The Labute approximate surface area is 70.3 Å². The van der Waals surface area contributed by atoms with Crippen LogP contribution < -0.4 is 5.73 Å². The molecule has 12 heavy (non-hydrogen) atoms. The molecule has 0 aliphatic carbocycles. The second kappa shape index (κ2) is 2.44. The van der Waals surface area contributed by atoms with Gasteiger partial charge < -0.3 is 5.73 Å². The average molecular weight is 159 g/mol. The normalized spacial score (nSPS) is 10.4. The van der Waals surface area contributed by atoms with Crippen LogP contribution in [0, 0.1) is 6.92 Å². The van der Waals surface area contributed by atoms with Crippen molar-refractivity contribution < 1.29 is 0 Å². The Balaban J connectivity index is 2.86. The van der Waals surface area contributed by atoms with Crippen molar-refractivity contribution in [1.82, 2.24) is 9.97 Å². The summed E-state index contributed by atoms with van der Waals surface area (Å²) in [5.74, 6) is 0.514. The summed E-state index contributed by atoms with van der Waals surface area (Å²) in [6, 6.07) is 3.74. The Morgan fingerprint density at radius 2 is 2.17 bits per heavy atom. The van der Waals surface area contributed by atoms with Gasteiger partial charge in [-0.25, -0.2) is 4.98 Å². The molecule has 2 aromatic rings. The van der Waals surface area contributed by atoms with E-state index in [1.54, 1.807) is 18.5 Å². The lowest BCUT2D eigenvalue weighted by molar-refractivity contribution is 1.31. The largest absolute Gasteiger partial charge is 0.384 e. The fraction of sp³-hybridized carbons (Fsp3) is 0.111. The number of nitrogen functional groups attached to an aromatic ring is 1. The van der Waals surface area contributed by atoms with Gasteiger partial charge >= 0.3 is 0 Å². The first-order valence-corrected chi connectivity index (χ1v) is 3.74. The summed E-state index contributed by atoms with van der Waals surface area (Å²) in [5, 5.41) is 1.06. The minimum absolute atomic E-state index is 0.514. The number of nitrogens with zero attached hydrogens (tertiary/aromatic N) is 2. The number of aromatic nitrogens is 2. The van der Waals surface area contributed by atoms with Gasteiger partial charge in [0.1, 0.15) is 5.82 Å². The zero-order chi connectivity index (χ0) is 8.55. The van der Waals surface area contributed by atoms with Gasteiger partial charge in [0.05, 0.1) is 5.52 Å². The van der Waals surface area contributed by atoms with E-state index in [0.29, 0.717) is 5.82 Å². The highest BCUT2D eigenvalue weighted by molar-refractivity contribution is 5.82. The second-order valence-corrected chi connectivity index (χ2v) is 2.75. The van der Waals surface area contributed by atoms with Crippen molar-refractivity contribution in [2.45, 2.75) is 6.92 Å². The highest BCUT2D eigenvalue weighted by Crippen LogP contribution is 2.15. The van der Waals surface area contributed by atoms with E-state index >= 15 is 0 Å². The van der Waals surface area contributed by atoms with E-state index in [2.05, 4.69) is 9.97 Å². The van der Waals surface area contributed by atoms with Crippen LogP contribution in [-0.2, 0) is 0 Å².